The number of hydrogen-bond donors (Lipinski definition) is 0. The molecule has 0 bridgehead atoms. The van der Waals surface area contributed by atoms with E-state index in [0.29, 0.717) is 46.2 Å². The number of rotatable bonds is 2. The smallest absolute Gasteiger partial charge is 0.261 e. The van der Waals surface area contributed by atoms with Crippen LogP contribution in [-0.4, -0.2) is 59.0 Å². The molecule has 0 unspecified atom stereocenters. The molecule has 1 spiro atoms. The first kappa shape index (κ1) is 19.1. The molecule has 6 nitrogen and oxygen atoms in total. The van der Waals surface area contributed by atoms with Crippen LogP contribution in [0.2, 0.25) is 0 Å². The summed E-state index contributed by atoms with van der Waals surface area (Å²) >= 11 is 5.75. The number of ether oxygens (including phenoxy) is 2. The number of fused-ring (bicyclic) bond motifs is 1. The summed E-state index contributed by atoms with van der Waals surface area (Å²) < 4.78 is 24.2. The molecule has 3 aliphatic heterocycles. The number of piperidine rings is 1. The van der Waals surface area contributed by atoms with E-state index in [1.807, 2.05) is 0 Å². The van der Waals surface area contributed by atoms with Crippen molar-refractivity contribution >= 4 is 28.8 Å². The van der Waals surface area contributed by atoms with Crippen molar-refractivity contribution in [3.05, 3.63) is 59.4 Å². The third-order valence-corrected chi connectivity index (χ3v) is 6.25. The van der Waals surface area contributed by atoms with Crippen LogP contribution in [0, 0.1) is 5.82 Å². The maximum absolute atomic E-state index is 13.6. The quantitative estimate of drug-likeness (QED) is 0.692. The van der Waals surface area contributed by atoms with Crippen LogP contribution in [0.15, 0.2) is 47.5 Å². The van der Waals surface area contributed by atoms with Gasteiger partial charge in [0.15, 0.2) is 11.5 Å². The highest BCUT2D eigenvalue weighted by molar-refractivity contribution is 7.82. The molecule has 0 N–H and O–H groups in total. The molecule has 30 heavy (non-hydrogen) atoms. The van der Waals surface area contributed by atoms with Crippen LogP contribution in [0.25, 0.3) is 0 Å². The molecule has 0 radical (unpaired) electrons. The minimum Gasteiger partial charge on any atom is -0.454 e. The van der Waals surface area contributed by atoms with Crippen LogP contribution in [0.1, 0.15) is 28.8 Å². The molecule has 3 heterocycles. The second kappa shape index (κ2) is 7.14. The molecule has 0 aromatic heterocycles. The van der Waals surface area contributed by atoms with E-state index in [2.05, 4.69) is 11.9 Å². The van der Waals surface area contributed by atoms with Crippen LogP contribution in [-0.2, 0) is 0 Å². The zero-order valence-corrected chi connectivity index (χ0v) is 17.2. The number of thiocarbonyl (C=S) groups is 1. The van der Waals surface area contributed by atoms with Crippen LogP contribution in [0.3, 0.4) is 0 Å². The van der Waals surface area contributed by atoms with E-state index in [1.54, 1.807) is 35.2 Å². The summed E-state index contributed by atoms with van der Waals surface area (Å²) in [5, 5.41) is 0. The van der Waals surface area contributed by atoms with Gasteiger partial charge in [-0.05, 0) is 49.5 Å². The predicted octanol–water partition coefficient (Wildman–Crippen LogP) is 3.25. The average molecular weight is 425 g/mol. The van der Waals surface area contributed by atoms with Crippen molar-refractivity contribution in [1.82, 2.24) is 9.80 Å². The minimum atomic E-state index is -0.735. The number of aliphatic imine (C=N–C) groups is 1. The van der Waals surface area contributed by atoms with Crippen LogP contribution < -0.4 is 9.47 Å². The van der Waals surface area contributed by atoms with Gasteiger partial charge in [-0.15, -0.1) is 0 Å². The third kappa shape index (κ3) is 3.07. The molecule has 0 aliphatic carbocycles. The molecule has 3 aliphatic rings. The number of likely N-dealkylation sites (tertiary alicyclic amines) is 1. The fourth-order valence-corrected chi connectivity index (χ4v) is 4.56. The zero-order chi connectivity index (χ0) is 20.9. The molecule has 0 atom stereocenters. The van der Waals surface area contributed by atoms with Crippen LogP contribution in [0.4, 0.5) is 4.39 Å². The molecule has 2 aromatic rings. The highest BCUT2D eigenvalue weighted by Crippen LogP contribution is 2.39. The standard InChI is InChI=1S/C22H20FN3O3S/c1-25-10-8-22(9-11-25)24-19(14-2-5-16(23)6-3-14)21(30)26(22)20(27)15-4-7-17-18(12-15)29-13-28-17/h2-7,12H,8-11,13H2,1H3. The Hall–Kier alpha value is -2.84. The number of benzene rings is 2. The second-order valence-corrected chi connectivity index (χ2v) is 8.15. The Morgan fingerprint density at radius 3 is 2.53 bits per heavy atom. The number of nitrogens with zero attached hydrogens (tertiary/aromatic N) is 3. The summed E-state index contributed by atoms with van der Waals surface area (Å²) in [5.74, 6) is 0.616. The Morgan fingerprint density at radius 2 is 1.80 bits per heavy atom. The second-order valence-electron chi connectivity index (χ2n) is 7.77. The molecule has 1 saturated heterocycles. The van der Waals surface area contributed by atoms with Gasteiger partial charge in [0.1, 0.15) is 22.2 Å². The van der Waals surface area contributed by atoms with E-state index in [9.17, 15) is 9.18 Å². The first-order valence-electron chi connectivity index (χ1n) is 9.80. The van der Waals surface area contributed by atoms with E-state index >= 15 is 0 Å². The van der Waals surface area contributed by atoms with Crippen molar-refractivity contribution in [1.29, 1.82) is 0 Å². The van der Waals surface area contributed by atoms with Crippen molar-refractivity contribution in [3.63, 3.8) is 0 Å². The van der Waals surface area contributed by atoms with Crippen molar-refractivity contribution in [2.24, 2.45) is 4.99 Å². The number of carbonyl (C=O) groups is 1. The summed E-state index contributed by atoms with van der Waals surface area (Å²) in [7, 11) is 2.05. The SMILES string of the molecule is CN1CCC2(CC1)N=C(c1ccc(F)cc1)C(=S)N2C(=O)c1ccc2c(c1)OCO2. The van der Waals surface area contributed by atoms with Gasteiger partial charge in [-0.3, -0.25) is 14.7 Å². The monoisotopic (exact) mass is 425 g/mol. The zero-order valence-electron chi connectivity index (χ0n) is 16.4. The topological polar surface area (TPSA) is 54.4 Å². The molecule has 2 aromatic carbocycles. The number of amides is 1. The van der Waals surface area contributed by atoms with Gasteiger partial charge >= 0.3 is 0 Å². The van der Waals surface area contributed by atoms with E-state index in [-0.39, 0.29) is 18.5 Å². The van der Waals surface area contributed by atoms with E-state index in [1.165, 1.54) is 12.1 Å². The molecular weight excluding hydrogens is 405 g/mol. The van der Waals surface area contributed by atoms with Crippen molar-refractivity contribution < 1.29 is 18.7 Å². The highest BCUT2D eigenvalue weighted by atomic mass is 32.1. The Kier molecular flexibility index (Phi) is 4.56. The van der Waals surface area contributed by atoms with E-state index in [4.69, 9.17) is 26.7 Å². The summed E-state index contributed by atoms with van der Waals surface area (Å²) in [6, 6.07) is 11.2. The lowest BCUT2D eigenvalue weighted by Gasteiger charge is -2.41. The van der Waals surface area contributed by atoms with Crippen LogP contribution in [0.5, 0.6) is 11.5 Å². The first-order valence-corrected chi connectivity index (χ1v) is 10.2. The lowest BCUT2D eigenvalue weighted by molar-refractivity contribution is 0.0571. The largest absolute Gasteiger partial charge is 0.454 e. The van der Waals surface area contributed by atoms with Gasteiger partial charge in [0.05, 0.1) is 0 Å². The van der Waals surface area contributed by atoms with E-state index < -0.39 is 5.66 Å². The van der Waals surface area contributed by atoms with Crippen molar-refractivity contribution in [2.45, 2.75) is 18.5 Å². The molecule has 5 rings (SSSR count). The lowest BCUT2D eigenvalue weighted by atomic mass is 9.95. The molecule has 154 valence electrons. The predicted molar refractivity (Wildman–Crippen MR) is 114 cm³/mol. The number of carbonyl (C=O) groups excluding carboxylic acids is 1. The molecule has 8 heteroatoms. The van der Waals surface area contributed by atoms with Gasteiger partial charge in [0.25, 0.3) is 5.91 Å². The van der Waals surface area contributed by atoms with Crippen molar-refractivity contribution in [2.75, 3.05) is 26.9 Å². The minimum absolute atomic E-state index is 0.142. The molecule has 1 fully saturated rings. The fraction of sp³-hybridized carbons (Fsp3) is 0.318. The normalized spacial score (nSPS) is 20.0. The van der Waals surface area contributed by atoms with Gasteiger partial charge in [-0.25, -0.2) is 4.39 Å². The highest BCUT2D eigenvalue weighted by Gasteiger charge is 2.49. The van der Waals surface area contributed by atoms with Crippen LogP contribution >= 0.6 is 12.2 Å². The lowest BCUT2D eigenvalue weighted by Crippen LogP contribution is -2.54. The summed E-state index contributed by atoms with van der Waals surface area (Å²) in [5.41, 5.74) is 1.00. The summed E-state index contributed by atoms with van der Waals surface area (Å²) in [4.78, 5) is 22.8. The Bertz CT molecular complexity index is 1060. The molecule has 1 amide bonds. The van der Waals surface area contributed by atoms with E-state index in [0.717, 1.165) is 13.1 Å². The van der Waals surface area contributed by atoms with Crippen molar-refractivity contribution in [3.8, 4) is 11.5 Å². The Balaban J connectivity index is 1.55. The van der Waals surface area contributed by atoms with Gasteiger partial charge in [-0.2, -0.15) is 0 Å². The van der Waals surface area contributed by atoms with Gasteiger partial charge < -0.3 is 14.4 Å². The molecular formula is C22H20FN3O3S. The van der Waals surface area contributed by atoms with Gasteiger partial charge in [0, 0.05) is 37.1 Å². The Morgan fingerprint density at radius 1 is 1.10 bits per heavy atom. The Labute approximate surface area is 178 Å². The molecule has 0 saturated carbocycles. The average Bonchev–Trinajstić information content (AvgIpc) is 3.33. The fourth-order valence-electron chi connectivity index (χ4n) is 4.15. The maximum atomic E-state index is 13.6. The number of halogens is 1. The van der Waals surface area contributed by atoms with Gasteiger partial charge in [0.2, 0.25) is 6.79 Å². The maximum Gasteiger partial charge on any atom is 0.261 e. The van der Waals surface area contributed by atoms with Gasteiger partial charge in [-0.1, -0.05) is 12.2 Å². The summed E-state index contributed by atoms with van der Waals surface area (Å²) in [6.07, 6.45) is 1.34. The first-order chi connectivity index (χ1) is 14.5. The number of hydrogen-bond acceptors (Lipinski definition) is 6. The summed E-state index contributed by atoms with van der Waals surface area (Å²) in [6.45, 7) is 1.74. The third-order valence-electron chi connectivity index (χ3n) is 5.87.